The fourth-order valence-electron chi connectivity index (χ4n) is 3.13. The first-order valence-electron chi connectivity index (χ1n) is 7.56. The van der Waals surface area contributed by atoms with Gasteiger partial charge in [-0.05, 0) is 25.0 Å². The minimum atomic E-state index is -0.208. The molecule has 0 spiro atoms. The molecule has 3 rings (SSSR count). The Morgan fingerprint density at radius 3 is 2.67 bits per heavy atom. The minimum absolute atomic E-state index is 0.0645. The molecule has 1 saturated carbocycles. The van der Waals surface area contributed by atoms with Crippen molar-refractivity contribution in [3.63, 3.8) is 0 Å². The van der Waals surface area contributed by atoms with Crippen LogP contribution in [0.1, 0.15) is 32.1 Å². The highest BCUT2D eigenvalue weighted by Gasteiger charge is 2.25. The number of amides is 1. The molecule has 0 radical (unpaired) electrons. The van der Waals surface area contributed by atoms with E-state index in [2.05, 4.69) is 4.98 Å². The molecule has 4 nitrogen and oxygen atoms in total. The van der Waals surface area contributed by atoms with Crippen LogP contribution in [-0.2, 0) is 4.79 Å². The van der Waals surface area contributed by atoms with Crippen molar-refractivity contribution in [3.8, 4) is 0 Å². The Morgan fingerprint density at radius 2 is 1.90 bits per heavy atom. The average Bonchev–Trinajstić information content (AvgIpc) is 2.53. The third-order valence-electron chi connectivity index (χ3n) is 4.38. The standard InChI is InChI=1S/C17H20N2O2/c1-19(17(21)12-7-3-2-4-8-12)15-11-13-9-5-6-10-14(13)18-16(15)20/h5-6,9-12H,2-4,7-8H2,1H3,(H,18,20). The molecule has 1 aliphatic carbocycles. The number of carbonyl (C=O) groups is 1. The zero-order chi connectivity index (χ0) is 14.8. The minimum Gasteiger partial charge on any atom is -0.320 e. The van der Waals surface area contributed by atoms with Crippen molar-refractivity contribution < 1.29 is 4.79 Å². The van der Waals surface area contributed by atoms with Gasteiger partial charge in [0.15, 0.2) is 0 Å². The SMILES string of the molecule is CN(C(=O)C1CCCCC1)c1cc2ccccc2[nH]c1=O. The van der Waals surface area contributed by atoms with E-state index in [-0.39, 0.29) is 17.4 Å². The summed E-state index contributed by atoms with van der Waals surface area (Å²) in [5, 5.41) is 0.940. The monoisotopic (exact) mass is 284 g/mol. The van der Waals surface area contributed by atoms with Gasteiger partial charge in [-0.3, -0.25) is 9.59 Å². The molecule has 1 aliphatic rings. The van der Waals surface area contributed by atoms with Gasteiger partial charge in [0.1, 0.15) is 5.69 Å². The smallest absolute Gasteiger partial charge is 0.272 e. The van der Waals surface area contributed by atoms with Crippen LogP contribution in [0.5, 0.6) is 0 Å². The summed E-state index contributed by atoms with van der Waals surface area (Å²) in [6.07, 6.45) is 5.31. The molecule has 2 aromatic rings. The van der Waals surface area contributed by atoms with Crippen LogP contribution in [0.3, 0.4) is 0 Å². The van der Waals surface area contributed by atoms with E-state index >= 15 is 0 Å². The lowest BCUT2D eigenvalue weighted by molar-refractivity contribution is -0.123. The lowest BCUT2D eigenvalue weighted by Gasteiger charge is -2.26. The van der Waals surface area contributed by atoms with Gasteiger partial charge in [0, 0.05) is 23.9 Å². The summed E-state index contributed by atoms with van der Waals surface area (Å²) < 4.78 is 0. The van der Waals surface area contributed by atoms with Crippen LogP contribution < -0.4 is 10.5 Å². The van der Waals surface area contributed by atoms with Crippen LogP contribution in [0.4, 0.5) is 5.69 Å². The largest absolute Gasteiger partial charge is 0.320 e. The summed E-state index contributed by atoms with van der Waals surface area (Å²) in [5.41, 5.74) is 1.02. The van der Waals surface area contributed by atoms with Gasteiger partial charge in [-0.2, -0.15) is 0 Å². The molecule has 21 heavy (non-hydrogen) atoms. The number of rotatable bonds is 2. The van der Waals surface area contributed by atoms with Crippen LogP contribution in [0.15, 0.2) is 35.1 Å². The second-order valence-corrected chi connectivity index (χ2v) is 5.80. The normalized spacial score (nSPS) is 16.0. The van der Waals surface area contributed by atoms with Crippen molar-refractivity contribution in [2.24, 2.45) is 5.92 Å². The second-order valence-electron chi connectivity index (χ2n) is 5.80. The molecule has 1 fully saturated rings. The zero-order valence-electron chi connectivity index (χ0n) is 12.3. The number of fused-ring (bicyclic) bond motifs is 1. The van der Waals surface area contributed by atoms with Crippen molar-refractivity contribution in [2.45, 2.75) is 32.1 Å². The molecule has 1 N–H and O–H groups in total. The predicted molar refractivity (Wildman–Crippen MR) is 84.6 cm³/mol. The number of pyridine rings is 1. The Balaban J connectivity index is 1.93. The summed E-state index contributed by atoms with van der Waals surface area (Å²) in [4.78, 5) is 29.1. The first-order valence-corrected chi connectivity index (χ1v) is 7.56. The lowest BCUT2D eigenvalue weighted by Crippen LogP contribution is -2.36. The third-order valence-corrected chi connectivity index (χ3v) is 4.38. The number of H-pyrrole nitrogens is 1. The van der Waals surface area contributed by atoms with Gasteiger partial charge in [0.05, 0.1) is 0 Å². The highest BCUT2D eigenvalue weighted by atomic mass is 16.2. The topological polar surface area (TPSA) is 53.2 Å². The van der Waals surface area contributed by atoms with Crippen molar-refractivity contribution in [1.82, 2.24) is 4.98 Å². The van der Waals surface area contributed by atoms with Gasteiger partial charge in [0.25, 0.3) is 5.56 Å². The molecule has 110 valence electrons. The summed E-state index contributed by atoms with van der Waals surface area (Å²) in [6.45, 7) is 0. The third kappa shape index (κ3) is 2.71. The maximum atomic E-state index is 12.6. The maximum Gasteiger partial charge on any atom is 0.272 e. The van der Waals surface area contributed by atoms with Gasteiger partial charge in [-0.1, -0.05) is 37.5 Å². The van der Waals surface area contributed by atoms with E-state index in [4.69, 9.17) is 0 Å². The first kappa shape index (κ1) is 13.9. The van der Waals surface area contributed by atoms with E-state index in [1.54, 1.807) is 13.1 Å². The number of nitrogens with zero attached hydrogens (tertiary/aromatic N) is 1. The molecule has 1 aromatic carbocycles. The van der Waals surface area contributed by atoms with Gasteiger partial charge >= 0.3 is 0 Å². The van der Waals surface area contributed by atoms with Crippen molar-refractivity contribution in [3.05, 3.63) is 40.7 Å². The van der Waals surface area contributed by atoms with Crippen molar-refractivity contribution in [2.75, 3.05) is 11.9 Å². The van der Waals surface area contributed by atoms with Crippen molar-refractivity contribution in [1.29, 1.82) is 0 Å². The fraction of sp³-hybridized carbons (Fsp3) is 0.412. The van der Waals surface area contributed by atoms with E-state index in [1.807, 2.05) is 24.3 Å². The Hall–Kier alpha value is -2.10. The highest BCUT2D eigenvalue weighted by molar-refractivity contribution is 5.96. The molecular weight excluding hydrogens is 264 g/mol. The van der Waals surface area contributed by atoms with E-state index < -0.39 is 0 Å². The molecule has 0 bridgehead atoms. The van der Waals surface area contributed by atoms with Crippen LogP contribution in [0.25, 0.3) is 10.9 Å². The maximum absolute atomic E-state index is 12.6. The van der Waals surface area contributed by atoms with Crippen LogP contribution >= 0.6 is 0 Å². The van der Waals surface area contributed by atoms with Crippen LogP contribution in [-0.4, -0.2) is 17.9 Å². The lowest BCUT2D eigenvalue weighted by atomic mass is 9.88. The summed E-state index contributed by atoms with van der Waals surface area (Å²) in [5.74, 6) is 0.130. The number of anilines is 1. The predicted octanol–water partition coefficient (Wildman–Crippen LogP) is 3.07. The molecule has 0 atom stereocenters. The first-order chi connectivity index (χ1) is 10.2. The van der Waals surface area contributed by atoms with Crippen molar-refractivity contribution >= 4 is 22.5 Å². The molecule has 1 aromatic heterocycles. The number of nitrogens with one attached hydrogen (secondary N) is 1. The fourth-order valence-corrected chi connectivity index (χ4v) is 3.13. The molecule has 0 unspecified atom stereocenters. The molecule has 0 aliphatic heterocycles. The summed E-state index contributed by atoms with van der Waals surface area (Å²) >= 11 is 0. The number of hydrogen-bond donors (Lipinski definition) is 1. The average molecular weight is 284 g/mol. The van der Waals surface area contributed by atoms with E-state index in [0.29, 0.717) is 5.69 Å². The van der Waals surface area contributed by atoms with E-state index in [0.717, 1.165) is 36.6 Å². The number of hydrogen-bond acceptors (Lipinski definition) is 2. The number of para-hydroxylation sites is 1. The van der Waals surface area contributed by atoms with Gasteiger partial charge in [-0.25, -0.2) is 0 Å². The Labute approximate surface area is 123 Å². The molecule has 1 amide bonds. The van der Waals surface area contributed by atoms with E-state index in [9.17, 15) is 9.59 Å². The summed E-state index contributed by atoms with van der Waals surface area (Å²) in [7, 11) is 1.70. The Bertz CT molecular complexity index is 714. The van der Waals surface area contributed by atoms with Gasteiger partial charge in [0.2, 0.25) is 5.91 Å². The zero-order valence-corrected chi connectivity index (χ0v) is 12.3. The Kier molecular flexibility index (Phi) is 3.78. The van der Waals surface area contributed by atoms with Gasteiger partial charge < -0.3 is 9.88 Å². The molecule has 1 heterocycles. The summed E-state index contributed by atoms with van der Waals surface area (Å²) in [6, 6.07) is 9.41. The van der Waals surface area contributed by atoms with E-state index in [1.165, 1.54) is 11.3 Å². The number of benzene rings is 1. The molecule has 0 saturated heterocycles. The molecule has 4 heteroatoms. The number of carbonyl (C=O) groups excluding carboxylic acids is 1. The highest BCUT2D eigenvalue weighted by Crippen LogP contribution is 2.26. The number of aromatic nitrogens is 1. The van der Waals surface area contributed by atoms with Crippen LogP contribution in [0, 0.1) is 5.92 Å². The molecular formula is C17H20N2O2. The second kappa shape index (κ2) is 5.72. The van der Waals surface area contributed by atoms with Crippen LogP contribution in [0.2, 0.25) is 0 Å². The number of aromatic amines is 1. The quantitative estimate of drug-likeness (QED) is 0.921. The van der Waals surface area contributed by atoms with Gasteiger partial charge in [-0.15, -0.1) is 0 Å². The Morgan fingerprint density at radius 1 is 1.19 bits per heavy atom.